The number of hydrogen-bond donors (Lipinski definition) is 2. The van der Waals surface area contributed by atoms with Gasteiger partial charge in [0.2, 0.25) is 5.91 Å². The molecule has 31 heavy (non-hydrogen) atoms. The Balaban J connectivity index is 1.91. The first-order valence-electron chi connectivity index (χ1n) is 9.59. The number of hydrogen-bond acceptors (Lipinski definition) is 4. The van der Waals surface area contributed by atoms with Gasteiger partial charge < -0.3 is 15.5 Å². The third-order valence-corrected chi connectivity index (χ3v) is 4.54. The number of nitrogens with zero attached hydrogens (tertiary/aromatic N) is 2. The summed E-state index contributed by atoms with van der Waals surface area (Å²) in [7, 11) is 3.55. The standard InChI is InChI=1S/C23H23FN4O3/c1-15-12-13-28(17-10-8-16(24)9-11-17)23(31)21(15)22(30)26-19-7-5-4-6-18(19)25-20(29)14-27(2)3/h4-13H,14H2,1-3H3,(H,25,29)(H,26,30). The fraction of sp³-hybridized carbons (Fsp3) is 0.174. The lowest BCUT2D eigenvalue weighted by Gasteiger charge is -2.15. The van der Waals surface area contributed by atoms with Gasteiger partial charge in [0.05, 0.1) is 17.9 Å². The summed E-state index contributed by atoms with van der Waals surface area (Å²) in [5.74, 6) is -1.26. The first-order chi connectivity index (χ1) is 14.8. The minimum absolute atomic E-state index is 0.0405. The number of carbonyl (C=O) groups is 2. The number of halogens is 1. The maximum atomic E-state index is 13.2. The van der Waals surface area contributed by atoms with E-state index in [1.54, 1.807) is 56.3 Å². The summed E-state index contributed by atoms with van der Waals surface area (Å²) < 4.78 is 14.5. The molecule has 3 aromatic rings. The molecule has 2 aromatic carbocycles. The van der Waals surface area contributed by atoms with Crippen molar-refractivity contribution in [2.75, 3.05) is 31.3 Å². The van der Waals surface area contributed by atoms with E-state index >= 15 is 0 Å². The molecule has 0 saturated heterocycles. The molecule has 0 unspecified atom stereocenters. The number of rotatable bonds is 6. The summed E-state index contributed by atoms with van der Waals surface area (Å²) in [6.45, 7) is 1.85. The lowest BCUT2D eigenvalue weighted by Crippen LogP contribution is -2.30. The Morgan fingerprint density at radius 1 is 0.968 bits per heavy atom. The summed E-state index contributed by atoms with van der Waals surface area (Å²) in [5, 5.41) is 5.47. The van der Waals surface area contributed by atoms with Crippen LogP contribution in [0.25, 0.3) is 5.69 Å². The van der Waals surface area contributed by atoms with Gasteiger partial charge in [-0.1, -0.05) is 12.1 Å². The number of nitrogens with one attached hydrogen (secondary N) is 2. The molecule has 2 N–H and O–H groups in total. The van der Waals surface area contributed by atoms with Gasteiger partial charge in [-0.3, -0.25) is 19.0 Å². The van der Waals surface area contributed by atoms with E-state index in [4.69, 9.17) is 0 Å². The number of anilines is 2. The van der Waals surface area contributed by atoms with Crippen LogP contribution >= 0.6 is 0 Å². The fourth-order valence-corrected chi connectivity index (χ4v) is 3.07. The normalized spacial score (nSPS) is 10.7. The molecular formula is C23H23FN4O3. The molecule has 0 fully saturated rings. The number of aryl methyl sites for hydroxylation is 1. The maximum Gasteiger partial charge on any atom is 0.268 e. The van der Waals surface area contributed by atoms with Crippen molar-refractivity contribution in [1.29, 1.82) is 0 Å². The van der Waals surface area contributed by atoms with Gasteiger partial charge >= 0.3 is 0 Å². The summed E-state index contributed by atoms with van der Waals surface area (Å²) in [6, 6.07) is 13.8. The van der Waals surface area contributed by atoms with Crippen LogP contribution in [-0.4, -0.2) is 41.9 Å². The van der Waals surface area contributed by atoms with Gasteiger partial charge in [0.15, 0.2) is 0 Å². The predicted octanol–water partition coefficient (Wildman–Crippen LogP) is 3.04. The molecule has 2 amide bonds. The first-order valence-corrected chi connectivity index (χ1v) is 9.59. The SMILES string of the molecule is Cc1ccn(-c2ccc(F)cc2)c(=O)c1C(=O)Nc1ccccc1NC(=O)CN(C)C. The van der Waals surface area contributed by atoms with Crippen LogP contribution < -0.4 is 16.2 Å². The number of amides is 2. The molecule has 160 valence electrons. The fourth-order valence-electron chi connectivity index (χ4n) is 3.07. The van der Waals surface area contributed by atoms with Crippen molar-refractivity contribution in [3.63, 3.8) is 0 Å². The summed E-state index contributed by atoms with van der Waals surface area (Å²) in [5.41, 5.74) is 1.16. The van der Waals surface area contributed by atoms with Gasteiger partial charge in [0.1, 0.15) is 11.4 Å². The van der Waals surface area contributed by atoms with Crippen LogP contribution in [0.4, 0.5) is 15.8 Å². The minimum atomic E-state index is -0.603. The summed E-state index contributed by atoms with van der Waals surface area (Å²) in [6.07, 6.45) is 1.54. The van der Waals surface area contributed by atoms with E-state index in [0.29, 0.717) is 22.6 Å². The van der Waals surface area contributed by atoms with E-state index in [-0.39, 0.29) is 18.0 Å². The third-order valence-electron chi connectivity index (χ3n) is 4.54. The second-order valence-corrected chi connectivity index (χ2v) is 7.31. The molecule has 0 saturated carbocycles. The number of pyridine rings is 1. The van der Waals surface area contributed by atoms with Gasteiger partial charge in [0.25, 0.3) is 11.5 Å². The topological polar surface area (TPSA) is 83.4 Å². The molecule has 1 heterocycles. The van der Waals surface area contributed by atoms with Crippen molar-refractivity contribution >= 4 is 23.2 Å². The molecule has 0 aliphatic rings. The highest BCUT2D eigenvalue weighted by Gasteiger charge is 2.18. The van der Waals surface area contributed by atoms with Crippen LogP contribution in [-0.2, 0) is 4.79 Å². The van der Waals surface area contributed by atoms with E-state index in [2.05, 4.69) is 10.6 Å². The Morgan fingerprint density at radius 2 is 1.58 bits per heavy atom. The Kier molecular flexibility index (Phi) is 6.61. The lowest BCUT2D eigenvalue weighted by atomic mass is 10.1. The molecule has 0 spiro atoms. The molecule has 1 aromatic heterocycles. The largest absolute Gasteiger partial charge is 0.323 e. The summed E-state index contributed by atoms with van der Waals surface area (Å²) >= 11 is 0. The molecular weight excluding hydrogens is 399 g/mol. The quantitative estimate of drug-likeness (QED) is 0.640. The van der Waals surface area contributed by atoms with Crippen LogP contribution in [0.5, 0.6) is 0 Å². The first kappa shape index (κ1) is 21.9. The predicted molar refractivity (Wildman–Crippen MR) is 118 cm³/mol. The summed E-state index contributed by atoms with van der Waals surface area (Å²) in [4.78, 5) is 39.9. The highest BCUT2D eigenvalue weighted by atomic mass is 19.1. The van der Waals surface area contributed by atoms with Crippen molar-refractivity contribution in [3.05, 3.63) is 88.1 Å². The van der Waals surface area contributed by atoms with E-state index < -0.39 is 17.3 Å². The molecule has 3 rings (SSSR count). The van der Waals surface area contributed by atoms with Gasteiger partial charge in [0, 0.05) is 11.9 Å². The van der Waals surface area contributed by atoms with Crippen molar-refractivity contribution in [2.24, 2.45) is 0 Å². The third kappa shape index (κ3) is 5.23. The minimum Gasteiger partial charge on any atom is -0.323 e. The van der Waals surface area contributed by atoms with Crippen LogP contribution in [0.3, 0.4) is 0 Å². The van der Waals surface area contributed by atoms with Gasteiger partial charge in [-0.25, -0.2) is 4.39 Å². The van der Waals surface area contributed by atoms with Crippen molar-refractivity contribution in [2.45, 2.75) is 6.92 Å². The van der Waals surface area contributed by atoms with Crippen LogP contribution in [0, 0.1) is 12.7 Å². The molecule has 0 aliphatic heterocycles. The van der Waals surface area contributed by atoms with E-state index in [0.717, 1.165) is 0 Å². The molecule has 8 heteroatoms. The Labute approximate surface area is 179 Å². The Morgan fingerprint density at radius 3 is 2.19 bits per heavy atom. The zero-order chi connectivity index (χ0) is 22.5. The zero-order valence-electron chi connectivity index (χ0n) is 17.5. The zero-order valence-corrected chi connectivity index (χ0v) is 17.5. The van der Waals surface area contributed by atoms with E-state index in [1.165, 1.54) is 35.0 Å². The van der Waals surface area contributed by atoms with Gasteiger partial charge in [-0.05, 0) is 69.0 Å². The van der Waals surface area contributed by atoms with Crippen molar-refractivity contribution in [3.8, 4) is 5.69 Å². The lowest BCUT2D eigenvalue weighted by molar-refractivity contribution is -0.116. The average Bonchev–Trinajstić information content (AvgIpc) is 2.70. The molecule has 0 radical (unpaired) electrons. The van der Waals surface area contributed by atoms with Crippen LogP contribution in [0.1, 0.15) is 15.9 Å². The van der Waals surface area contributed by atoms with Crippen molar-refractivity contribution < 1.29 is 14.0 Å². The highest BCUT2D eigenvalue weighted by Crippen LogP contribution is 2.22. The number of benzene rings is 2. The Bertz CT molecular complexity index is 1170. The molecule has 0 atom stereocenters. The van der Waals surface area contributed by atoms with E-state index in [1.807, 2.05) is 0 Å². The smallest absolute Gasteiger partial charge is 0.268 e. The number of carbonyl (C=O) groups excluding carboxylic acids is 2. The second kappa shape index (κ2) is 9.36. The second-order valence-electron chi connectivity index (χ2n) is 7.31. The maximum absolute atomic E-state index is 13.2. The van der Waals surface area contributed by atoms with Crippen LogP contribution in [0.15, 0.2) is 65.6 Å². The number of para-hydroxylation sites is 2. The monoisotopic (exact) mass is 422 g/mol. The number of aromatic nitrogens is 1. The molecule has 7 nitrogen and oxygen atoms in total. The molecule has 0 aliphatic carbocycles. The van der Waals surface area contributed by atoms with Crippen LogP contribution in [0.2, 0.25) is 0 Å². The van der Waals surface area contributed by atoms with Gasteiger partial charge in [-0.15, -0.1) is 0 Å². The number of likely N-dealkylation sites (N-methyl/N-ethyl adjacent to an activating group) is 1. The Hall–Kier alpha value is -3.78. The van der Waals surface area contributed by atoms with E-state index in [9.17, 15) is 18.8 Å². The van der Waals surface area contributed by atoms with Crippen molar-refractivity contribution in [1.82, 2.24) is 9.47 Å². The van der Waals surface area contributed by atoms with Gasteiger partial charge in [-0.2, -0.15) is 0 Å². The molecule has 0 bridgehead atoms. The average molecular weight is 422 g/mol. The highest BCUT2D eigenvalue weighted by molar-refractivity contribution is 6.08.